The second kappa shape index (κ2) is 4.54. The summed E-state index contributed by atoms with van der Waals surface area (Å²) in [6.07, 6.45) is 5.59. The van der Waals surface area contributed by atoms with E-state index in [0.29, 0.717) is 12.2 Å². The quantitative estimate of drug-likeness (QED) is 0.729. The van der Waals surface area contributed by atoms with Gasteiger partial charge in [-0.1, -0.05) is 24.1 Å². The molecule has 1 heterocycles. The minimum Gasteiger partial charge on any atom is -0.488 e. The molecule has 84 valence electrons. The molecule has 16 heavy (non-hydrogen) atoms. The van der Waals surface area contributed by atoms with E-state index in [2.05, 4.69) is 5.92 Å². The van der Waals surface area contributed by atoms with Crippen LogP contribution in [-0.2, 0) is 4.74 Å². The molecule has 0 aliphatic carbocycles. The van der Waals surface area contributed by atoms with Crippen molar-refractivity contribution in [3.8, 4) is 18.1 Å². The van der Waals surface area contributed by atoms with E-state index < -0.39 is 12.0 Å². The van der Waals surface area contributed by atoms with Crippen LogP contribution in [0.4, 0.5) is 4.39 Å². The number of para-hydroxylation sites is 1. The van der Waals surface area contributed by atoms with Crippen LogP contribution >= 0.6 is 0 Å². The van der Waals surface area contributed by atoms with Crippen molar-refractivity contribution in [1.82, 2.24) is 0 Å². The molecule has 1 aliphatic rings. The molecule has 0 unspecified atom stereocenters. The van der Waals surface area contributed by atoms with E-state index in [0.717, 1.165) is 0 Å². The first-order valence-electron chi connectivity index (χ1n) is 5.22. The maximum absolute atomic E-state index is 14.0. The van der Waals surface area contributed by atoms with Gasteiger partial charge in [-0.05, 0) is 18.6 Å². The molecule has 0 radical (unpaired) electrons. The molecule has 1 aliphatic heterocycles. The zero-order chi connectivity index (χ0) is 11.4. The van der Waals surface area contributed by atoms with Gasteiger partial charge in [0.2, 0.25) is 5.85 Å². The summed E-state index contributed by atoms with van der Waals surface area (Å²) in [5.41, 5.74) is 0. The summed E-state index contributed by atoms with van der Waals surface area (Å²) < 4.78 is 24.4. The molecule has 2 atom stereocenters. The highest BCUT2D eigenvalue weighted by Crippen LogP contribution is 2.32. The Balaban J connectivity index is 1.89. The Morgan fingerprint density at radius 3 is 2.88 bits per heavy atom. The molecule has 0 bridgehead atoms. The van der Waals surface area contributed by atoms with Gasteiger partial charge >= 0.3 is 0 Å². The summed E-state index contributed by atoms with van der Waals surface area (Å²) in [4.78, 5) is 0. The van der Waals surface area contributed by atoms with Crippen LogP contribution in [0.5, 0.6) is 5.75 Å². The molecule has 0 spiro atoms. The highest BCUT2D eigenvalue weighted by Gasteiger charge is 2.40. The van der Waals surface area contributed by atoms with Gasteiger partial charge in [0.1, 0.15) is 18.5 Å². The van der Waals surface area contributed by atoms with Gasteiger partial charge in [-0.2, -0.15) is 0 Å². The lowest BCUT2D eigenvalue weighted by atomic mass is 10.2. The second-order valence-corrected chi connectivity index (χ2v) is 3.80. The number of benzene rings is 1. The van der Waals surface area contributed by atoms with Crippen molar-refractivity contribution in [3.63, 3.8) is 0 Å². The van der Waals surface area contributed by atoms with Crippen LogP contribution in [0.2, 0.25) is 0 Å². The topological polar surface area (TPSA) is 18.5 Å². The van der Waals surface area contributed by atoms with E-state index in [9.17, 15) is 4.39 Å². The summed E-state index contributed by atoms with van der Waals surface area (Å²) in [6, 6.07) is 9.09. The van der Waals surface area contributed by atoms with Crippen molar-refractivity contribution in [2.24, 2.45) is 0 Å². The number of rotatable bonds is 3. The summed E-state index contributed by atoms with van der Waals surface area (Å²) >= 11 is 0. The van der Waals surface area contributed by atoms with Gasteiger partial charge in [0, 0.05) is 6.42 Å². The van der Waals surface area contributed by atoms with E-state index >= 15 is 0 Å². The minimum atomic E-state index is -1.74. The molecule has 2 rings (SSSR count). The van der Waals surface area contributed by atoms with Gasteiger partial charge in [-0.25, -0.2) is 4.39 Å². The van der Waals surface area contributed by atoms with E-state index in [1.165, 1.54) is 0 Å². The standard InChI is InChI=1S/C13H13FO2/c1-2-11-8-9-13(14,16-11)10-15-12-6-4-3-5-7-12/h1,3-7,11H,8-10H2/t11-,13-/m1/s1. The maximum atomic E-state index is 14.0. The molecule has 0 aromatic heterocycles. The van der Waals surface area contributed by atoms with E-state index in [4.69, 9.17) is 15.9 Å². The van der Waals surface area contributed by atoms with Crippen molar-refractivity contribution >= 4 is 0 Å². The van der Waals surface area contributed by atoms with Crippen LogP contribution in [0.25, 0.3) is 0 Å². The van der Waals surface area contributed by atoms with Crippen molar-refractivity contribution in [2.75, 3.05) is 6.61 Å². The Kier molecular flexibility index (Phi) is 3.12. The smallest absolute Gasteiger partial charge is 0.244 e. The van der Waals surface area contributed by atoms with Crippen LogP contribution in [0.3, 0.4) is 0 Å². The highest BCUT2D eigenvalue weighted by atomic mass is 19.2. The molecule has 0 N–H and O–H groups in total. The lowest BCUT2D eigenvalue weighted by Gasteiger charge is -2.19. The normalized spacial score (nSPS) is 28.6. The highest BCUT2D eigenvalue weighted by molar-refractivity contribution is 5.21. The third kappa shape index (κ3) is 2.53. The molecule has 2 nitrogen and oxygen atoms in total. The summed E-state index contributed by atoms with van der Waals surface area (Å²) in [7, 11) is 0. The van der Waals surface area contributed by atoms with Crippen molar-refractivity contribution in [3.05, 3.63) is 30.3 Å². The van der Waals surface area contributed by atoms with Gasteiger partial charge in [-0.3, -0.25) is 0 Å². The number of terminal acetylenes is 1. The Labute approximate surface area is 94.4 Å². The zero-order valence-electron chi connectivity index (χ0n) is 8.86. The third-order valence-corrected chi connectivity index (χ3v) is 2.52. The fraction of sp³-hybridized carbons (Fsp3) is 0.385. The average molecular weight is 220 g/mol. The lowest BCUT2D eigenvalue weighted by Crippen LogP contribution is -2.30. The number of halogens is 1. The molecular formula is C13H13FO2. The monoisotopic (exact) mass is 220 g/mol. The van der Waals surface area contributed by atoms with Crippen LogP contribution in [0.1, 0.15) is 12.8 Å². The van der Waals surface area contributed by atoms with Crippen LogP contribution in [0, 0.1) is 12.3 Å². The minimum absolute atomic E-state index is 0.116. The number of alkyl halides is 1. The Morgan fingerprint density at radius 2 is 2.25 bits per heavy atom. The molecule has 1 fully saturated rings. The number of ether oxygens (including phenoxy) is 2. The fourth-order valence-corrected chi connectivity index (χ4v) is 1.65. The van der Waals surface area contributed by atoms with Crippen LogP contribution < -0.4 is 4.74 Å². The average Bonchev–Trinajstić information content (AvgIpc) is 2.71. The first-order valence-corrected chi connectivity index (χ1v) is 5.22. The maximum Gasteiger partial charge on any atom is 0.244 e. The second-order valence-electron chi connectivity index (χ2n) is 3.80. The SMILES string of the molecule is C#C[C@@H]1CC[C@](F)(COc2ccccc2)O1. The van der Waals surface area contributed by atoms with Crippen molar-refractivity contribution < 1.29 is 13.9 Å². The lowest BCUT2D eigenvalue weighted by molar-refractivity contribution is -0.143. The summed E-state index contributed by atoms with van der Waals surface area (Å²) in [5.74, 6) is 1.29. The largest absolute Gasteiger partial charge is 0.488 e. The van der Waals surface area contributed by atoms with Gasteiger partial charge < -0.3 is 9.47 Å². The Hall–Kier alpha value is -1.53. The van der Waals surface area contributed by atoms with Crippen molar-refractivity contribution in [2.45, 2.75) is 24.8 Å². The number of hydrogen-bond acceptors (Lipinski definition) is 2. The van der Waals surface area contributed by atoms with Gasteiger partial charge in [0.25, 0.3) is 0 Å². The first-order chi connectivity index (χ1) is 7.72. The Morgan fingerprint density at radius 1 is 1.50 bits per heavy atom. The zero-order valence-corrected chi connectivity index (χ0v) is 8.86. The van der Waals surface area contributed by atoms with Gasteiger partial charge in [0.05, 0.1) is 0 Å². The van der Waals surface area contributed by atoms with Crippen LogP contribution in [0.15, 0.2) is 30.3 Å². The summed E-state index contributed by atoms with van der Waals surface area (Å²) in [6.45, 7) is -0.116. The van der Waals surface area contributed by atoms with Gasteiger partial charge in [-0.15, -0.1) is 6.42 Å². The summed E-state index contributed by atoms with van der Waals surface area (Å²) in [5, 5.41) is 0. The molecule has 1 aromatic carbocycles. The first kappa shape index (κ1) is 11.0. The predicted molar refractivity (Wildman–Crippen MR) is 58.7 cm³/mol. The van der Waals surface area contributed by atoms with E-state index in [1.54, 1.807) is 12.1 Å². The number of hydrogen-bond donors (Lipinski definition) is 0. The molecule has 1 aromatic rings. The van der Waals surface area contributed by atoms with E-state index in [-0.39, 0.29) is 13.0 Å². The fourth-order valence-electron chi connectivity index (χ4n) is 1.65. The van der Waals surface area contributed by atoms with E-state index in [1.807, 2.05) is 18.2 Å². The predicted octanol–water partition coefficient (Wildman–Crippen LogP) is 2.54. The van der Waals surface area contributed by atoms with Crippen LogP contribution in [-0.4, -0.2) is 18.6 Å². The third-order valence-electron chi connectivity index (χ3n) is 2.52. The molecule has 0 amide bonds. The van der Waals surface area contributed by atoms with Crippen molar-refractivity contribution in [1.29, 1.82) is 0 Å². The molecule has 0 saturated carbocycles. The van der Waals surface area contributed by atoms with Gasteiger partial charge in [0.15, 0.2) is 0 Å². The molecule has 3 heteroatoms. The molecular weight excluding hydrogens is 207 g/mol. The Bertz CT molecular complexity index is 385. The molecule has 1 saturated heterocycles.